The van der Waals surface area contributed by atoms with Crippen molar-refractivity contribution in [1.29, 1.82) is 0 Å². The maximum absolute atomic E-state index is 12.4. The van der Waals surface area contributed by atoms with Crippen LogP contribution in [0.1, 0.15) is 21.5 Å². The van der Waals surface area contributed by atoms with Gasteiger partial charge in [-0.25, -0.2) is 4.79 Å². The molecule has 0 radical (unpaired) electrons. The van der Waals surface area contributed by atoms with Gasteiger partial charge in [0.2, 0.25) is 0 Å². The van der Waals surface area contributed by atoms with Gasteiger partial charge in [0.15, 0.2) is 0 Å². The summed E-state index contributed by atoms with van der Waals surface area (Å²) in [7, 11) is 1.47. The molecule has 0 amide bonds. The van der Waals surface area contributed by atoms with E-state index in [0.717, 1.165) is 28.4 Å². The monoisotopic (exact) mass is 380 g/mol. The van der Waals surface area contributed by atoms with Crippen LogP contribution in [0.15, 0.2) is 53.4 Å². The Morgan fingerprint density at radius 3 is 2.65 bits per heavy atom. The molecule has 2 nitrogen and oxygen atoms in total. The van der Waals surface area contributed by atoms with E-state index < -0.39 is 0 Å². The summed E-state index contributed by atoms with van der Waals surface area (Å²) in [6.45, 7) is 0. The van der Waals surface area contributed by atoms with E-state index in [4.69, 9.17) is 4.74 Å². The first-order chi connectivity index (χ1) is 12.7. The zero-order chi connectivity index (χ0) is 18.1. The largest absolute Gasteiger partial charge is 0.465 e. The first kappa shape index (κ1) is 17.5. The molecule has 3 aromatic carbocycles. The van der Waals surface area contributed by atoms with Gasteiger partial charge in [0.05, 0.1) is 12.7 Å². The van der Waals surface area contributed by atoms with Crippen molar-refractivity contribution in [2.45, 2.75) is 17.1 Å². The SMILES string of the molecule is COC(=O)c1c(SC)cc(-c2ccc3ccccc3c2)c2c1CCSC2. The Morgan fingerprint density at radius 1 is 1.08 bits per heavy atom. The molecule has 0 saturated heterocycles. The number of thioether (sulfide) groups is 2. The lowest BCUT2D eigenvalue weighted by Gasteiger charge is -2.24. The summed E-state index contributed by atoms with van der Waals surface area (Å²) < 4.78 is 5.09. The van der Waals surface area contributed by atoms with E-state index >= 15 is 0 Å². The predicted octanol–water partition coefficient (Wildman–Crippen LogP) is 5.80. The molecule has 1 heterocycles. The molecule has 3 aromatic rings. The minimum absolute atomic E-state index is 0.220. The maximum Gasteiger partial charge on any atom is 0.339 e. The molecule has 4 heteroatoms. The van der Waals surface area contributed by atoms with Crippen molar-refractivity contribution in [3.05, 3.63) is 65.2 Å². The summed E-state index contributed by atoms with van der Waals surface area (Å²) in [5.41, 5.74) is 5.68. The summed E-state index contributed by atoms with van der Waals surface area (Å²) >= 11 is 3.55. The lowest BCUT2D eigenvalue weighted by Crippen LogP contribution is -2.14. The number of hydrogen-bond donors (Lipinski definition) is 0. The van der Waals surface area contributed by atoms with Gasteiger partial charge in [-0.05, 0) is 63.6 Å². The topological polar surface area (TPSA) is 26.3 Å². The van der Waals surface area contributed by atoms with E-state index in [9.17, 15) is 4.79 Å². The van der Waals surface area contributed by atoms with E-state index in [0.29, 0.717) is 0 Å². The fourth-order valence-electron chi connectivity index (χ4n) is 3.64. The van der Waals surface area contributed by atoms with Crippen LogP contribution in [0.4, 0.5) is 0 Å². The van der Waals surface area contributed by atoms with E-state index in [1.165, 1.54) is 40.1 Å². The standard InChI is InChI=1S/C22H20O2S2/c1-24-22(23)21-17-9-10-26-13-19(17)18(12-20(21)25-2)16-8-7-14-5-3-4-6-15(14)11-16/h3-8,11-12H,9-10,13H2,1-2H3. The smallest absolute Gasteiger partial charge is 0.339 e. The van der Waals surface area contributed by atoms with Crippen LogP contribution in [-0.2, 0) is 16.9 Å². The number of benzene rings is 3. The Kier molecular flexibility index (Phi) is 4.96. The highest BCUT2D eigenvalue weighted by Gasteiger charge is 2.25. The molecule has 0 N–H and O–H groups in total. The van der Waals surface area contributed by atoms with Gasteiger partial charge in [-0.15, -0.1) is 11.8 Å². The average molecular weight is 381 g/mol. The number of hydrogen-bond acceptors (Lipinski definition) is 4. The molecule has 0 saturated carbocycles. The van der Waals surface area contributed by atoms with Crippen molar-refractivity contribution in [3.63, 3.8) is 0 Å². The Hall–Kier alpha value is -1.91. The molecule has 0 atom stereocenters. The minimum Gasteiger partial charge on any atom is -0.465 e. The second-order valence-electron chi connectivity index (χ2n) is 6.31. The molecule has 0 aromatic heterocycles. The van der Waals surface area contributed by atoms with Gasteiger partial charge in [-0.1, -0.05) is 36.4 Å². The second-order valence-corrected chi connectivity index (χ2v) is 8.27. The van der Waals surface area contributed by atoms with Gasteiger partial charge in [0.25, 0.3) is 0 Å². The molecule has 0 unspecified atom stereocenters. The van der Waals surface area contributed by atoms with Crippen molar-refractivity contribution >= 4 is 40.3 Å². The highest BCUT2D eigenvalue weighted by atomic mass is 32.2. The number of ether oxygens (including phenoxy) is 1. The molecule has 0 aliphatic carbocycles. The fraction of sp³-hybridized carbons (Fsp3) is 0.227. The molecular weight excluding hydrogens is 360 g/mol. The van der Waals surface area contributed by atoms with Crippen LogP contribution < -0.4 is 0 Å². The lowest BCUT2D eigenvalue weighted by atomic mass is 9.90. The van der Waals surface area contributed by atoms with Gasteiger partial charge >= 0.3 is 5.97 Å². The summed E-state index contributed by atoms with van der Waals surface area (Å²) in [6, 6.07) is 17.2. The van der Waals surface area contributed by atoms with Gasteiger partial charge in [-0.2, -0.15) is 11.8 Å². The lowest BCUT2D eigenvalue weighted by molar-refractivity contribution is 0.0595. The van der Waals surface area contributed by atoms with Crippen LogP contribution in [-0.4, -0.2) is 25.1 Å². The number of carbonyl (C=O) groups excluding carboxylic acids is 1. The van der Waals surface area contributed by atoms with Crippen LogP contribution >= 0.6 is 23.5 Å². The summed E-state index contributed by atoms with van der Waals surface area (Å²) in [6.07, 6.45) is 2.94. The van der Waals surface area contributed by atoms with Gasteiger partial charge in [0, 0.05) is 10.6 Å². The summed E-state index contributed by atoms with van der Waals surface area (Å²) in [4.78, 5) is 13.5. The van der Waals surface area contributed by atoms with Crippen molar-refractivity contribution in [2.24, 2.45) is 0 Å². The van der Waals surface area contributed by atoms with Crippen LogP contribution in [0.5, 0.6) is 0 Å². The third kappa shape index (κ3) is 3.01. The quantitative estimate of drug-likeness (QED) is 0.423. The van der Waals surface area contributed by atoms with E-state index in [1.54, 1.807) is 11.8 Å². The maximum atomic E-state index is 12.4. The Morgan fingerprint density at radius 2 is 1.88 bits per heavy atom. The van der Waals surface area contributed by atoms with Crippen LogP contribution in [0.2, 0.25) is 0 Å². The summed E-state index contributed by atoms with van der Waals surface area (Å²) in [5, 5.41) is 2.49. The van der Waals surface area contributed by atoms with Gasteiger partial charge in [-0.3, -0.25) is 0 Å². The summed E-state index contributed by atoms with van der Waals surface area (Å²) in [5.74, 6) is 1.77. The third-order valence-electron chi connectivity index (χ3n) is 4.93. The average Bonchev–Trinajstić information content (AvgIpc) is 2.71. The third-order valence-corrected chi connectivity index (χ3v) is 6.67. The molecule has 0 fully saturated rings. The first-order valence-corrected chi connectivity index (χ1v) is 11.0. The van der Waals surface area contributed by atoms with Gasteiger partial charge in [0.1, 0.15) is 0 Å². The van der Waals surface area contributed by atoms with Crippen LogP contribution in [0.25, 0.3) is 21.9 Å². The second kappa shape index (κ2) is 7.37. The molecule has 0 bridgehead atoms. The van der Waals surface area contributed by atoms with E-state index in [1.807, 2.05) is 18.0 Å². The zero-order valence-corrected chi connectivity index (χ0v) is 16.5. The fourth-order valence-corrected chi connectivity index (χ4v) is 5.32. The molecule has 26 heavy (non-hydrogen) atoms. The number of methoxy groups -OCH3 is 1. The molecule has 4 rings (SSSR count). The molecule has 132 valence electrons. The number of carbonyl (C=O) groups is 1. The van der Waals surface area contributed by atoms with Crippen LogP contribution in [0.3, 0.4) is 0 Å². The molecule has 0 spiro atoms. The van der Waals surface area contributed by atoms with E-state index in [-0.39, 0.29) is 5.97 Å². The number of fused-ring (bicyclic) bond motifs is 2. The van der Waals surface area contributed by atoms with Gasteiger partial charge < -0.3 is 4.74 Å². The highest BCUT2D eigenvalue weighted by Crippen LogP contribution is 2.40. The number of esters is 1. The van der Waals surface area contributed by atoms with Crippen molar-refractivity contribution in [3.8, 4) is 11.1 Å². The minimum atomic E-state index is -0.220. The van der Waals surface area contributed by atoms with Crippen LogP contribution in [0, 0.1) is 0 Å². The van der Waals surface area contributed by atoms with Crippen molar-refractivity contribution < 1.29 is 9.53 Å². The molecule has 1 aliphatic rings. The van der Waals surface area contributed by atoms with Crippen molar-refractivity contribution in [2.75, 3.05) is 19.1 Å². The molecule has 1 aliphatic heterocycles. The Labute approximate surface area is 162 Å². The zero-order valence-electron chi connectivity index (χ0n) is 14.9. The van der Waals surface area contributed by atoms with Crippen molar-refractivity contribution in [1.82, 2.24) is 0 Å². The van der Waals surface area contributed by atoms with E-state index in [2.05, 4.69) is 48.5 Å². The normalized spacial score (nSPS) is 13.5. The number of rotatable bonds is 3. The Balaban J connectivity index is 1.97. The predicted molar refractivity (Wildman–Crippen MR) is 112 cm³/mol. The Bertz CT molecular complexity index is 995. The highest BCUT2D eigenvalue weighted by molar-refractivity contribution is 7.99. The molecular formula is C22H20O2S2. The first-order valence-electron chi connectivity index (χ1n) is 8.61.